The summed E-state index contributed by atoms with van der Waals surface area (Å²) in [5, 5.41) is 13.7. The number of aryl methyl sites for hydroxylation is 1. The van der Waals surface area contributed by atoms with Gasteiger partial charge in [0.15, 0.2) is 0 Å². The average Bonchev–Trinajstić information content (AvgIpc) is 2.95. The first kappa shape index (κ1) is 15.0. The molecule has 0 aliphatic rings. The van der Waals surface area contributed by atoms with Gasteiger partial charge in [0.2, 0.25) is 5.89 Å². The summed E-state index contributed by atoms with van der Waals surface area (Å²) in [4.78, 5) is 14.2. The van der Waals surface area contributed by atoms with Gasteiger partial charge in [0.05, 0.1) is 17.7 Å². The molecule has 1 aromatic carbocycles. The van der Waals surface area contributed by atoms with Gasteiger partial charge in [0.25, 0.3) is 5.69 Å². The van der Waals surface area contributed by atoms with Crippen molar-refractivity contribution in [3.63, 3.8) is 0 Å². The van der Waals surface area contributed by atoms with Crippen molar-refractivity contribution in [3.8, 4) is 5.75 Å². The van der Waals surface area contributed by atoms with Crippen LogP contribution in [0.2, 0.25) is 0 Å². The molecule has 21 heavy (non-hydrogen) atoms. The van der Waals surface area contributed by atoms with Crippen LogP contribution in [0.25, 0.3) is 0 Å². The van der Waals surface area contributed by atoms with E-state index in [2.05, 4.69) is 10.3 Å². The third-order valence-electron chi connectivity index (χ3n) is 2.82. The lowest BCUT2D eigenvalue weighted by atomic mass is 10.3. The molecule has 1 heterocycles. The number of ether oxygens (including phenoxy) is 1. The molecule has 7 nitrogen and oxygen atoms in total. The van der Waals surface area contributed by atoms with Gasteiger partial charge in [-0.15, -0.1) is 0 Å². The smallest absolute Gasteiger partial charge is 0.269 e. The molecule has 112 valence electrons. The summed E-state index contributed by atoms with van der Waals surface area (Å²) >= 11 is 0. The predicted molar refractivity (Wildman–Crippen MR) is 76.2 cm³/mol. The zero-order valence-corrected chi connectivity index (χ0v) is 11.7. The number of non-ortho nitro benzene ring substituents is 1. The Morgan fingerprint density at radius 1 is 1.38 bits per heavy atom. The highest BCUT2D eigenvalue weighted by molar-refractivity contribution is 5.35. The van der Waals surface area contributed by atoms with Gasteiger partial charge in [-0.1, -0.05) is 6.92 Å². The van der Waals surface area contributed by atoms with E-state index in [1.165, 1.54) is 12.1 Å². The Kier molecular flexibility index (Phi) is 5.28. The number of aromatic nitrogens is 1. The molecule has 2 aromatic rings. The Balaban J connectivity index is 1.66. The number of benzene rings is 1. The minimum atomic E-state index is -0.438. The first-order chi connectivity index (χ1) is 10.2. The van der Waals surface area contributed by atoms with Gasteiger partial charge >= 0.3 is 0 Å². The van der Waals surface area contributed by atoms with Crippen LogP contribution >= 0.6 is 0 Å². The monoisotopic (exact) mass is 291 g/mol. The van der Waals surface area contributed by atoms with E-state index in [0.717, 1.165) is 12.2 Å². The summed E-state index contributed by atoms with van der Waals surface area (Å²) in [6, 6.07) is 6.00. The summed E-state index contributed by atoms with van der Waals surface area (Å²) in [5.74, 6) is 2.13. The van der Waals surface area contributed by atoms with Crippen LogP contribution in [0, 0.1) is 10.1 Å². The van der Waals surface area contributed by atoms with Crippen LogP contribution in [0.3, 0.4) is 0 Å². The molecule has 0 aliphatic carbocycles. The molecule has 0 fully saturated rings. The van der Waals surface area contributed by atoms with E-state index in [0.29, 0.717) is 31.3 Å². The van der Waals surface area contributed by atoms with Gasteiger partial charge < -0.3 is 14.5 Å². The molecule has 7 heteroatoms. The Hall–Kier alpha value is -2.41. The van der Waals surface area contributed by atoms with Gasteiger partial charge in [-0.05, 0) is 12.1 Å². The van der Waals surface area contributed by atoms with Crippen LogP contribution in [0.15, 0.2) is 34.9 Å². The molecule has 0 bridgehead atoms. The van der Waals surface area contributed by atoms with Gasteiger partial charge in [-0.3, -0.25) is 10.1 Å². The molecular weight excluding hydrogens is 274 g/mol. The zero-order chi connectivity index (χ0) is 15.1. The molecule has 0 aliphatic heterocycles. The largest absolute Gasteiger partial charge is 0.492 e. The second kappa shape index (κ2) is 7.39. The van der Waals surface area contributed by atoms with E-state index in [-0.39, 0.29) is 5.69 Å². The maximum absolute atomic E-state index is 10.5. The van der Waals surface area contributed by atoms with E-state index >= 15 is 0 Å². The lowest BCUT2D eigenvalue weighted by Crippen LogP contribution is -2.20. The van der Waals surface area contributed by atoms with Crippen molar-refractivity contribution < 1.29 is 14.1 Å². The Labute approximate surface area is 122 Å². The number of nitrogens with zero attached hydrogens (tertiary/aromatic N) is 2. The average molecular weight is 291 g/mol. The van der Waals surface area contributed by atoms with Crippen molar-refractivity contribution in [1.29, 1.82) is 0 Å². The number of rotatable bonds is 8. The van der Waals surface area contributed by atoms with Crippen LogP contribution in [0.5, 0.6) is 5.75 Å². The fraction of sp³-hybridized carbons (Fsp3) is 0.357. The molecule has 0 radical (unpaired) electrons. The standard InChI is InChI=1S/C14H17N3O4/c1-2-12-9-16-14(21-12)10-15-7-8-20-13-5-3-11(4-6-13)17(18)19/h3-6,9,15H,2,7-8,10H2,1H3. The van der Waals surface area contributed by atoms with Gasteiger partial charge in [0, 0.05) is 25.1 Å². The normalized spacial score (nSPS) is 10.5. The molecule has 1 N–H and O–H groups in total. The Bertz CT molecular complexity index is 580. The van der Waals surface area contributed by atoms with Gasteiger partial charge in [0.1, 0.15) is 18.1 Å². The minimum absolute atomic E-state index is 0.0519. The first-order valence-electron chi connectivity index (χ1n) is 6.70. The van der Waals surface area contributed by atoms with Crippen LogP contribution < -0.4 is 10.1 Å². The van der Waals surface area contributed by atoms with Crippen molar-refractivity contribution in [2.45, 2.75) is 19.9 Å². The van der Waals surface area contributed by atoms with Crippen molar-refractivity contribution in [2.75, 3.05) is 13.2 Å². The maximum atomic E-state index is 10.5. The van der Waals surface area contributed by atoms with Crippen LogP contribution in [-0.4, -0.2) is 23.1 Å². The predicted octanol–water partition coefficient (Wildman–Crippen LogP) is 2.31. The van der Waals surface area contributed by atoms with Crippen LogP contribution in [0.1, 0.15) is 18.6 Å². The molecule has 0 saturated heterocycles. The molecule has 0 atom stereocenters. The van der Waals surface area contributed by atoms with Gasteiger partial charge in [-0.2, -0.15) is 0 Å². The van der Waals surface area contributed by atoms with Gasteiger partial charge in [-0.25, -0.2) is 4.98 Å². The first-order valence-corrected chi connectivity index (χ1v) is 6.70. The molecule has 2 rings (SSSR count). The molecule has 0 spiro atoms. The molecule has 0 unspecified atom stereocenters. The maximum Gasteiger partial charge on any atom is 0.269 e. The van der Waals surface area contributed by atoms with Crippen molar-refractivity contribution in [1.82, 2.24) is 10.3 Å². The zero-order valence-electron chi connectivity index (χ0n) is 11.7. The van der Waals surface area contributed by atoms with E-state index in [1.54, 1.807) is 18.3 Å². The number of nitrogens with one attached hydrogen (secondary N) is 1. The third kappa shape index (κ3) is 4.57. The summed E-state index contributed by atoms with van der Waals surface area (Å²) in [7, 11) is 0. The van der Waals surface area contributed by atoms with E-state index < -0.39 is 4.92 Å². The van der Waals surface area contributed by atoms with Crippen LogP contribution in [0.4, 0.5) is 5.69 Å². The van der Waals surface area contributed by atoms with E-state index in [1.807, 2.05) is 6.92 Å². The summed E-state index contributed by atoms with van der Waals surface area (Å²) in [6.45, 7) is 3.64. The van der Waals surface area contributed by atoms with Crippen molar-refractivity contribution in [3.05, 3.63) is 52.2 Å². The third-order valence-corrected chi connectivity index (χ3v) is 2.82. The van der Waals surface area contributed by atoms with Crippen molar-refractivity contribution in [2.24, 2.45) is 0 Å². The number of hydrogen-bond donors (Lipinski definition) is 1. The fourth-order valence-electron chi connectivity index (χ4n) is 1.69. The SMILES string of the molecule is CCc1cnc(CNCCOc2ccc([N+](=O)[O-])cc2)o1. The van der Waals surface area contributed by atoms with E-state index in [4.69, 9.17) is 9.15 Å². The second-order valence-electron chi connectivity index (χ2n) is 4.35. The van der Waals surface area contributed by atoms with Crippen molar-refractivity contribution >= 4 is 5.69 Å². The number of oxazole rings is 1. The van der Waals surface area contributed by atoms with E-state index in [9.17, 15) is 10.1 Å². The number of nitro groups is 1. The number of nitro benzene ring substituents is 1. The van der Waals surface area contributed by atoms with Crippen LogP contribution in [-0.2, 0) is 13.0 Å². The molecule has 1 aromatic heterocycles. The second-order valence-corrected chi connectivity index (χ2v) is 4.35. The quantitative estimate of drug-likeness (QED) is 0.456. The highest BCUT2D eigenvalue weighted by Gasteiger charge is 2.04. The molecule has 0 saturated carbocycles. The highest BCUT2D eigenvalue weighted by Crippen LogP contribution is 2.16. The topological polar surface area (TPSA) is 90.4 Å². The summed E-state index contributed by atoms with van der Waals surface area (Å²) < 4.78 is 10.9. The molecular formula is C14H17N3O4. The molecule has 0 amide bonds. The lowest BCUT2D eigenvalue weighted by Gasteiger charge is -2.06. The minimum Gasteiger partial charge on any atom is -0.492 e. The highest BCUT2D eigenvalue weighted by atomic mass is 16.6. The summed E-state index contributed by atoms with van der Waals surface area (Å²) in [5.41, 5.74) is 0.0519. The Morgan fingerprint density at radius 2 is 2.14 bits per heavy atom. The fourth-order valence-corrected chi connectivity index (χ4v) is 1.69. The summed E-state index contributed by atoms with van der Waals surface area (Å²) in [6.07, 6.45) is 2.56. The lowest BCUT2D eigenvalue weighted by molar-refractivity contribution is -0.384. The number of hydrogen-bond acceptors (Lipinski definition) is 6. The Morgan fingerprint density at radius 3 is 2.76 bits per heavy atom.